The van der Waals surface area contributed by atoms with Crippen molar-refractivity contribution in [3.8, 4) is 0 Å². The summed E-state index contributed by atoms with van der Waals surface area (Å²) >= 11 is 6.00. The molecule has 98 valence electrons. The third kappa shape index (κ3) is 2.19. The van der Waals surface area contributed by atoms with E-state index in [4.69, 9.17) is 11.6 Å². The molecule has 0 amide bonds. The van der Waals surface area contributed by atoms with E-state index in [9.17, 15) is 0 Å². The predicted molar refractivity (Wildman–Crippen MR) is 77.2 cm³/mol. The van der Waals surface area contributed by atoms with Gasteiger partial charge in [0.2, 0.25) is 0 Å². The third-order valence-corrected chi connectivity index (χ3v) is 4.94. The molecule has 0 atom stereocenters. The lowest BCUT2D eigenvalue weighted by Crippen LogP contribution is -2.50. The first-order valence-corrected chi connectivity index (χ1v) is 7.41. The number of benzene rings is 1. The molecule has 0 aliphatic heterocycles. The molecular weight excluding hydrogens is 242 g/mol. The highest BCUT2D eigenvalue weighted by molar-refractivity contribution is 6.30. The Hall–Kier alpha value is -0.530. The zero-order chi connectivity index (χ0) is 12.8. The van der Waals surface area contributed by atoms with E-state index >= 15 is 0 Å². The first kappa shape index (κ1) is 12.5. The topological polar surface area (TPSA) is 12.0 Å². The van der Waals surface area contributed by atoms with E-state index in [1.807, 2.05) is 12.1 Å². The van der Waals surface area contributed by atoms with Crippen molar-refractivity contribution >= 4 is 11.6 Å². The van der Waals surface area contributed by atoms with Crippen molar-refractivity contribution in [3.63, 3.8) is 0 Å². The molecule has 1 aromatic rings. The summed E-state index contributed by atoms with van der Waals surface area (Å²) in [7, 11) is 0. The molecule has 2 aliphatic rings. The number of halogens is 1. The van der Waals surface area contributed by atoms with Crippen LogP contribution in [-0.2, 0) is 5.41 Å². The van der Waals surface area contributed by atoms with E-state index in [1.165, 1.54) is 31.2 Å². The number of rotatable bonds is 4. The van der Waals surface area contributed by atoms with E-state index in [0.29, 0.717) is 11.5 Å². The van der Waals surface area contributed by atoms with E-state index in [1.54, 1.807) is 0 Å². The van der Waals surface area contributed by atoms with Gasteiger partial charge in [-0.05, 0) is 48.8 Å². The molecule has 2 aliphatic carbocycles. The molecule has 0 radical (unpaired) electrons. The lowest BCUT2D eigenvalue weighted by Gasteiger charge is -2.50. The molecule has 3 rings (SSSR count). The summed E-state index contributed by atoms with van der Waals surface area (Å²) < 4.78 is 0. The van der Waals surface area contributed by atoms with Gasteiger partial charge in [0.05, 0.1) is 0 Å². The van der Waals surface area contributed by atoms with Crippen molar-refractivity contribution in [2.75, 3.05) is 6.54 Å². The van der Waals surface area contributed by atoms with Gasteiger partial charge in [-0.2, -0.15) is 0 Å². The Morgan fingerprint density at radius 2 is 1.78 bits per heavy atom. The van der Waals surface area contributed by atoms with Crippen LogP contribution in [0.15, 0.2) is 24.3 Å². The lowest BCUT2D eigenvalue weighted by atomic mass is 9.56. The summed E-state index contributed by atoms with van der Waals surface area (Å²) in [6.45, 7) is 5.55. The highest BCUT2D eigenvalue weighted by atomic mass is 35.5. The highest BCUT2D eigenvalue weighted by Crippen LogP contribution is 2.68. The van der Waals surface area contributed by atoms with Crippen molar-refractivity contribution in [2.45, 2.75) is 51.0 Å². The Morgan fingerprint density at radius 1 is 1.17 bits per heavy atom. The third-order valence-electron chi connectivity index (χ3n) is 4.69. The molecule has 0 heterocycles. The second kappa shape index (κ2) is 4.25. The molecule has 0 unspecified atom stereocenters. The summed E-state index contributed by atoms with van der Waals surface area (Å²) in [5, 5.41) is 4.47. The minimum atomic E-state index is 0.366. The smallest absolute Gasteiger partial charge is 0.0406 e. The maximum absolute atomic E-state index is 6.00. The lowest BCUT2D eigenvalue weighted by molar-refractivity contribution is 0.114. The molecule has 2 saturated carbocycles. The van der Waals surface area contributed by atoms with Crippen LogP contribution < -0.4 is 5.32 Å². The zero-order valence-corrected chi connectivity index (χ0v) is 12.1. The Bertz CT molecular complexity index is 423. The number of hydrogen-bond acceptors (Lipinski definition) is 1. The summed E-state index contributed by atoms with van der Waals surface area (Å²) in [6, 6.07) is 9.07. The molecule has 0 bridgehead atoms. The van der Waals surface area contributed by atoms with Crippen LogP contribution in [0.5, 0.6) is 0 Å². The molecule has 2 heteroatoms. The molecule has 2 fully saturated rings. The van der Waals surface area contributed by atoms with E-state index < -0.39 is 0 Å². The van der Waals surface area contributed by atoms with Gasteiger partial charge in [-0.1, -0.05) is 37.6 Å². The van der Waals surface area contributed by atoms with Gasteiger partial charge in [-0.15, -0.1) is 0 Å². The largest absolute Gasteiger partial charge is 0.314 e. The standard InChI is InChI=1S/C16H22ClN/c1-12(2)18-11-16(9-15(10-16)7-8-15)13-3-5-14(17)6-4-13/h3-6,12,18H,7-11H2,1-2H3. The fourth-order valence-electron chi connectivity index (χ4n) is 3.55. The van der Waals surface area contributed by atoms with Crippen LogP contribution in [0, 0.1) is 5.41 Å². The fourth-order valence-corrected chi connectivity index (χ4v) is 3.67. The van der Waals surface area contributed by atoms with Gasteiger partial charge in [-0.3, -0.25) is 0 Å². The molecule has 0 aromatic heterocycles. The monoisotopic (exact) mass is 263 g/mol. The van der Waals surface area contributed by atoms with Gasteiger partial charge >= 0.3 is 0 Å². The summed E-state index contributed by atoms with van der Waals surface area (Å²) in [5.41, 5.74) is 2.56. The first-order valence-electron chi connectivity index (χ1n) is 7.03. The summed E-state index contributed by atoms with van der Waals surface area (Å²) in [4.78, 5) is 0. The highest BCUT2D eigenvalue weighted by Gasteiger charge is 2.60. The second-order valence-corrected chi connectivity index (χ2v) is 7.11. The summed E-state index contributed by atoms with van der Waals surface area (Å²) in [5.74, 6) is 0. The average Bonchev–Trinajstić information content (AvgIpc) is 3.06. The van der Waals surface area contributed by atoms with E-state index in [-0.39, 0.29) is 0 Å². The van der Waals surface area contributed by atoms with Gasteiger partial charge in [0.15, 0.2) is 0 Å². The molecule has 18 heavy (non-hydrogen) atoms. The quantitative estimate of drug-likeness (QED) is 0.861. The maximum Gasteiger partial charge on any atom is 0.0406 e. The Morgan fingerprint density at radius 3 is 2.28 bits per heavy atom. The molecule has 1 N–H and O–H groups in total. The summed E-state index contributed by atoms with van der Waals surface area (Å²) in [6.07, 6.45) is 5.62. The number of hydrogen-bond donors (Lipinski definition) is 1. The van der Waals surface area contributed by atoms with Gasteiger partial charge in [0.1, 0.15) is 0 Å². The van der Waals surface area contributed by atoms with Gasteiger partial charge in [0, 0.05) is 23.0 Å². The fraction of sp³-hybridized carbons (Fsp3) is 0.625. The second-order valence-electron chi connectivity index (χ2n) is 6.68. The molecule has 1 nitrogen and oxygen atoms in total. The van der Waals surface area contributed by atoms with Crippen molar-refractivity contribution in [1.29, 1.82) is 0 Å². The van der Waals surface area contributed by atoms with Gasteiger partial charge < -0.3 is 5.32 Å². The van der Waals surface area contributed by atoms with Crippen LogP contribution in [-0.4, -0.2) is 12.6 Å². The van der Waals surface area contributed by atoms with Crippen molar-refractivity contribution < 1.29 is 0 Å². The van der Waals surface area contributed by atoms with Crippen LogP contribution in [0.1, 0.15) is 45.1 Å². The van der Waals surface area contributed by atoms with E-state index in [2.05, 4.69) is 31.3 Å². The predicted octanol–water partition coefficient (Wildman–Crippen LogP) is 4.15. The minimum absolute atomic E-state index is 0.366. The van der Waals surface area contributed by atoms with Crippen molar-refractivity contribution in [2.24, 2.45) is 5.41 Å². The van der Waals surface area contributed by atoms with Crippen molar-refractivity contribution in [1.82, 2.24) is 5.32 Å². The van der Waals surface area contributed by atoms with Crippen LogP contribution in [0.3, 0.4) is 0 Å². The maximum atomic E-state index is 6.00. The number of nitrogens with one attached hydrogen (secondary N) is 1. The van der Waals surface area contributed by atoms with Gasteiger partial charge in [-0.25, -0.2) is 0 Å². The minimum Gasteiger partial charge on any atom is -0.314 e. The Kier molecular flexibility index (Phi) is 2.95. The molecule has 1 spiro atoms. The van der Waals surface area contributed by atoms with Crippen molar-refractivity contribution in [3.05, 3.63) is 34.9 Å². The van der Waals surface area contributed by atoms with Crippen LogP contribution in [0.4, 0.5) is 0 Å². The molecule has 0 saturated heterocycles. The van der Waals surface area contributed by atoms with E-state index in [0.717, 1.165) is 17.0 Å². The normalized spacial score (nSPS) is 23.1. The van der Waals surface area contributed by atoms with Crippen LogP contribution in [0.2, 0.25) is 5.02 Å². The first-order chi connectivity index (χ1) is 8.54. The molecular formula is C16H22ClN. The van der Waals surface area contributed by atoms with Gasteiger partial charge in [0.25, 0.3) is 0 Å². The van der Waals surface area contributed by atoms with Crippen LogP contribution in [0.25, 0.3) is 0 Å². The molecule has 1 aromatic carbocycles. The Labute approximate surface area is 115 Å². The van der Waals surface area contributed by atoms with Crippen LogP contribution >= 0.6 is 11.6 Å². The Balaban J connectivity index is 1.79. The average molecular weight is 264 g/mol. The zero-order valence-electron chi connectivity index (χ0n) is 11.3. The SMILES string of the molecule is CC(C)NCC1(c2ccc(Cl)cc2)CC2(CC2)C1.